The van der Waals surface area contributed by atoms with Gasteiger partial charge in [0.05, 0.1) is 0 Å². The number of thiocarbonyl (C=S) groups is 1. The van der Waals surface area contributed by atoms with Crippen molar-refractivity contribution in [2.75, 3.05) is 32.5 Å². The highest BCUT2D eigenvalue weighted by atomic mass is 35.5. The molecule has 0 aliphatic carbocycles. The Balaban J connectivity index is 1.97. The maximum Gasteiger partial charge on any atom is 0.173 e. The standard InChI is InChI=1S/C14H20ClN3S/c1-17(2)10-13-4-3-9-18(13)14(19)16-12-7-5-11(15)6-8-12/h5-8,13H,3-4,9-10H2,1-2H3,(H,16,19). The van der Waals surface area contributed by atoms with Gasteiger partial charge in [0.1, 0.15) is 0 Å². The van der Waals surface area contributed by atoms with Crippen molar-refractivity contribution in [2.45, 2.75) is 18.9 Å². The minimum atomic E-state index is 0.516. The van der Waals surface area contributed by atoms with Gasteiger partial charge in [0.2, 0.25) is 0 Å². The van der Waals surface area contributed by atoms with E-state index < -0.39 is 0 Å². The molecule has 1 atom stereocenters. The summed E-state index contributed by atoms with van der Waals surface area (Å²) in [4.78, 5) is 4.51. The number of likely N-dealkylation sites (N-methyl/N-ethyl adjacent to an activating group) is 1. The number of likely N-dealkylation sites (tertiary alicyclic amines) is 1. The summed E-state index contributed by atoms with van der Waals surface area (Å²) in [6, 6.07) is 8.15. The first kappa shape index (κ1) is 14.6. The minimum Gasteiger partial charge on any atom is -0.345 e. The van der Waals surface area contributed by atoms with Gasteiger partial charge in [0, 0.05) is 29.8 Å². The second-order valence-electron chi connectivity index (χ2n) is 5.19. The van der Waals surface area contributed by atoms with E-state index in [4.69, 9.17) is 23.8 Å². The largest absolute Gasteiger partial charge is 0.345 e. The third-order valence-corrected chi connectivity index (χ3v) is 3.90. The smallest absolute Gasteiger partial charge is 0.173 e. The van der Waals surface area contributed by atoms with Gasteiger partial charge >= 0.3 is 0 Å². The number of hydrogen-bond acceptors (Lipinski definition) is 2. The minimum absolute atomic E-state index is 0.516. The van der Waals surface area contributed by atoms with Crippen LogP contribution in [0, 0.1) is 0 Å². The van der Waals surface area contributed by atoms with Crippen molar-refractivity contribution in [1.82, 2.24) is 9.80 Å². The van der Waals surface area contributed by atoms with Gasteiger partial charge in [-0.2, -0.15) is 0 Å². The van der Waals surface area contributed by atoms with Crippen LogP contribution in [0.4, 0.5) is 5.69 Å². The maximum absolute atomic E-state index is 5.88. The molecule has 0 radical (unpaired) electrons. The Hall–Kier alpha value is -0.840. The fraction of sp³-hybridized carbons (Fsp3) is 0.500. The molecule has 1 unspecified atom stereocenters. The first-order valence-corrected chi connectivity index (χ1v) is 7.33. The maximum atomic E-state index is 5.88. The second kappa shape index (κ2) is 6.55. The Bertz CT molecular complexity index is 433. The van der Waals surface area contributed by atoms with Crippen LogP contribution in [-0.4, -0.2) is 48.1 Å². The molecule has 1 N–H and O–H groups in total. The summed E-state index contributed by atoms with van der Waals surface area (Å²) < 4.78 is 0. The third kappa shape index (κ3) is 4.06. The molecule has 1 aliphatic rings. The zero-order valence-corrected chi connectivity index (χ0v) is 13.0. The van der Waals surface area contributed by atoms with Crippen molar-refractivity contribution in [3.63, 3.8) is 0 Å². The van der Waals surface area contributed by atoms with Gasteiger partial charge in [-0.3, -0.25) is 0 Å². The zero-order chi connectivity index (χ0) is 13.8. The average molecular weight is 298 g/mol. The predicted molar refractivity (Wildman–Crippen MR) is 86.0 cm³/mol. The Kier molecular flexibility index (Phi) is 5.02. The average Bonchev–Trinajstić information content (AvgIpc) is 2.79. The van der Waals surface area contributed by atoms with Crippen molar-refractivity contribution in [3.8, 4) is 0 Å². The molecule has 0 saturated carbocycles. The van der Waals surface area contributed by atoms with Crippen LogP contribution in [0.3, 0.4) is 0 Å². The van der Waals surface area contributed by atoms with Gasteiger partial charge in [-0.05, 0) is 63.4 Å². The van der Waals surface area contributed by atoms with E-state index in [0.29, 0.717) is 6.04 Å². The van der Waals surface area contributed by atoms with Crippen LogP contribution in [0.1, 0.15) is 12.8 Å². The zero-order valence-electron chi connectivity index (χ0n) is 11.4. The Morgan fingerprint density at radius 1 is 1.42 bits per heavy atom. The fourth-order valence-electron chi connectivity index (χ4n) is 2.44. The molecule has 1 aliphatic heterocycles. The number of benzene rings is 1. The molecule has 1 saturated heterocycles. The van der Waals surface area contributed by atoms with Crippen molar-refractivity contribution in [3.05, 3.63) is 29.3 Å². The highest BCUT2D eigenvalue weighted by Crippen LogP contribution is 2.20. The Morgan fingerprint density at radius 3 is 2.74 bits per heavy atom. The van der Waals surface area contributed by atoms with Crippen molar-refractivity contribution in [2.24, 2.45) is 0 Å². The molecule has 2 rings (SSSR count). The van der Waals surface area contributed by atoms with Crippen LogP contribution in [0.5, 0.6) is 0 Å². The number of nitrogens with zero attached hydrogens (tertiary/aromatic N) is 2. The van der Waals surface area contributed by atoms with E-state index in [1.54, 1.807) is 0 Å². The quantitative estimate of drug-likeness (QED) is 0.864. The number of rotatable bonds is 3. The molecule has 0 spiro atoms. The topological polar surface area (TPSA) is 18.5 Å². The Morgan fingerprint density at radius 2 is 2.11 bits per heavy atom. The summed E-state index contributed by atoms with van der Waals surface area (Å²) in [6.07, 6.45) is 2.42. The summed E-state index contributed by atoms with van der Waals surface area (Å²) >= 11 is 11.4. The normalized spacial score (nSPS) is 18.9. The summed E-state index contributed by atoms with van der Waals surface area (Å²) in [5.74, 6) is 0. The highest BCUT2D eigenvalue weighted by molar-refractivity contribution is 7.80. The third-order valence-electron chi connectivity index (χ3n) is 3.31. The number of anilines is 1. The lowest BCUT2D eigenvalue weighted by Crippen LogP contribution is -2.43. The van der Waals surface area contributed by atoms with E-state index >= 15 is 0 Å². The van der Waals surface area contributed by atoms with Gasteiger partial charge in [-0.1, -0.05) is 11.6 Å². The molecule has 3 nitrogen and oxygen atoms in total. The fourth-order valence-corrected chi connectivity index (χ4v) is 2.93. The summed E-state index contributed by atoms with van der Waals surface area (Å²) in [5.41, 5.74) is 0.991. The molecule has 0 amide bonds. The number of nitrogens with one attached hydrogen (secondary N) is 1. The van der Waals surface area contributed by atoms with E-state index in [1.807, 2.05) is 24.3 Å². The number of halogens is 1. The summed E-state index contributed by atoms with van der Waals surface area (Å²) in [6.45, 7) is 2.08. The SMILES string of the molecule is CN(C)CC1CCCN1C(=S)Nc1ccc(Cl)cc1. The van der Waals surface area contributed by atoms with Gasteiger partial charge in [-0.25, -0.2) is 0 Å². The van der Waals surface area contributed by atoms with Crippen LogP contribution >= 0.6 is 23.8 Å². The molecule has 1 heterocycles. The number of hydrogen-bond donors (Lipinski definition) is 1. The molecular weight excluding hydrogens is 278 g/mol. The first-order chi connectivity index (χ1) is 9.06. The van der Waals surface area contributed by atoms with E-state index in [9.17, 15) is 0 Å². The predicted octanol–water partition coefficient (Wildman–Crippen LogP) is 3.06. The molecule has 1 fully saturated rings. The lowest BCUT2D eigenvalue weighted by molar-refractivity contribution is 0.288. The first-order valence-electron chi connectivity index (χ1n) is 6.54. The molecular formula is C14H20ClN3S. The van der Waals surface area contributed by atoms with E-state index in [1.165, 1.54) is 12.8 Å². The second-order valence-corrected chi connectivity index (χ2v) is 6.01. The van der Waals surface area contributed by atoms with Crippen LogP contribution in [0.25, 0.3) is 0 Å². The van der Waals surface area contributed by atoms with Gasteiger partial charge in [-0.15, -0.1) is 0 Å². The van der Waals surface area contributed by atoms with Crippen molar-refractivity contribution < 1.29 is 0 Å². The molecule has 0 bridgehead atoms. The van der Waals surface area contributed by atoms with Crippen molar-refractivity contribution >= 4 is 34.6 Å². The Labute approximate surface area is 125 Å². The molecule has 0 aromatic heterocycles. The monoisotopic (exact) mass is 297 g/mol. The highest BCUT2D eigenvalue weighted by Gasteiger charge is 2.26. The van der Waals surface area contributed by atoms with Crippen LogP contribution < -0.4 is 5.32 Å². The molecule has 1 aromatic rings. The van der Waals surface area contributed by atoms with E-state index in [-0.39, 0.29) is 0 Å². The van der Waals surface area contributed by atoms with Crippen LogP contribution in [0.15, 0.2) is 24.3 Å². The summed E-state index contributed by atoms with van der Waals surface area (Å²) in [7, 11) is 4.21. The van der Waals surface area contributed by atoms with Crippen molar-refractivity contribution in [1.29, 1.82) is 0 Å². The van der Waals surface area contributed by atoms with E-state index in [2.05, 4.69) is 29.2 Å². The molecule has 1 aromatic carbocycles. The lowest BCUT2D eigenvalue weighted by atomic mass is 10.2. The van der Waals surface area contributed by atoms with Crippen LogP contribution in [-0.2, 0) is 0 Å². The van der Waals surface area contributed by atoms with Crippen LogP contribution in [0.2, 0.25) is 5.02 Å². The van der Waals surface area contributed by atoms with Gasteiger partial charge in [0.25, 0.3) is 0 Å². The van der Waals surface area contributed by atoms with Gasteiger partial charge < -0.3 is 15.1 Å². The molecule has 104 valence electrons. The lowest BCUT2D eigenvalue weighted by Gasteiger charge is -2.29. The summed E-state index contributed by atoms with van der Waals surface area (Å²) in [5, 5.41) is 4.85. The molecule has 5 heteroatoms. The molecule has 19 heavy (non-hydrogen) atoms. The van der Waals surface area contributed by atoms with E-state index in [0.717, 1.165) is 28.9 Å². The van der Waals surface area contributed by atoms with Gasteiger partial charge in [0.15, 0.2) is 5.11 Å².